The lowest BCUT2D eigenvalue weighted by Gasteiger charge is -2.18. The molecule has 1 aromatic heterocycles. The van der Waals surface area contributed by atoms with Crippen LogP contribution in [0.1, 0.15) is 30.8 Å². The molecule has 24 heavy (non-hydrogen) atoms. The zero-order valence-electron chi connectivity index (χ0n) is 13.9. The summed E-state index contributed by atoms with van der Waals surface area (Å²) in [5.41, 5.74) is 6.10. The van der Waals surface area contributed by atoms with E-state index >= 15 is 0 Å². The number of aromatic nitrogens is 2. The minimum atomic E-state index is -0.149. The molecular weight excluding hydrogens is 328 g/mol. The second-order valence-corrected chi connectivity index (χ2v) is 6.58. The van der Waals surface area contributed by atoms with E-state index in [-0.39, 0.29) is 35.8 Å². The molecule has 0 saturated carbocycles. The van der Waals surface area contributed by atoms with Gasteiger partial charge in [0.05, 0.1) is 5.39 Å². The zero-order valence-corrected chi connectivity index (χ0v) is 14.8. The van der Waals surface area contributed by atoms with Gasteiger partial charge in [-0.1, -0.05) is 32.0 Å². The Hall–Kier alpha value is -1.92. The van der Waals surface area contributed by atoms with E-state index in [1.54, 1.807) is 17.0 Å². The first-order valence-electron chi connectivity index (χ1n) is 8.02. The Morgan fingerprint density at radius 1 is 1.33 bits per heavy atom. The summed E-state index contributed by atoms with van der Waals surface area (Å²) in [6, 6.07) is 7.19. The monoisotopic (exact) mass is 350 g/mol. The van der Waals surface area contributed by atoms with Crippen LogP contribution >= 0.6 is 12.4 Å². The summed E-state index contributed by atoms with van der Waals surface area (Å²) >= 11 is 0. The van der Waals surface area contributed by atoms with Crippen LogP contribution in [-0.4, -0.2) is 39.7 Å². The van der Waals surface area contributed by atoms with Gasteiger partial charge in [0.2, 0.25) is 0 Å². The van der Waals surface area contributed by atoms with Crippen molar-refractivity contribution >= 4 is 29.1 Å². The smallest absolute Gasteiger partial charge is 0.275 e. The fraction of sp³-hybridized carbons (Fsp3) is 0.471. The van der Waals surface area contributed by atoms with Gasteiger partial charge in [-0.3, -0.25) is 9.59 Å². The van der Waals surface area contributed by atoms with E-state index in [1.807, 2.05) is 26.0 Å². The first-order valence-corrected chi connectivity index (χ1v) is 8.02. The van der Waals surface area contributed by atoms with Crippen LogP contribution in [0.2, 0.25) is 0 Å². The predicted molar refractivity (Wildman–Crippen MR) is 96.6 cm³/mol. The van der Waals surface area contributed by atoms with Crippen molar-refractivity contribution in [2.24, 2.45) is 11.7 Å². The van der Waals surface area contributed by atoms with E-state index in [9.17, 15) is 9.59 Å². The van der Waals surface area contributed by atoms with Crippen molar-refractivity contribution in [1.82, 2.24) is 14.7 Å². The molecule has 1 aliphatic heterocycles. The molecule has 0 aliphatic carbocycles. The minimum absolute atomic E-state index is 0. The summed E-state index contributed by atoms with van der Waals surface area (Å²) < 4.78 is 1.41. The van der Waals surface area contributed by atoms with Gasteiger partial charge in [0, 0.05) is 31.1 Å². The molecule has 1 amide bonds. The topological polar surface area (TPSA) is 81.2 Å². The summed E-state index contributed by atoms with van der Waals surface area (Å²) in [6.07, 6.45) is 0.801. The molecule has 0 radical (unpaired) electrons. The molecule has 2 N–H and O–H groups in total. The van der Waals surface area contributed by atoms with Crippen molar-refractivity contribution in [1.29, 1.82) is 0 Å². The number of hydrogen-bond donors (Lipinski definition) is 1. The molecule has 1 atom stereocenters. The minimum Gasteiger partial charge on any atom is -0.336 e. The Kier molecular flexibility index (Phi) is 5.62. The highest BCUT2D eigenvalue weighted by molar-refractivity contribution is 6.04. The maximum Gasteiger partial charge on any atom is 0.275 e. The summed E-state index contributed by atoms with van der Waals surface area (Å²) in [5.74, 6) is 0.121. The lowest BCUT2D eigenvalue weighted by atomic mass is 10.1. The Morgan fingerprint density at radius 3 is 2.58 bits per heavy atom. The molecule has 2 heterocycles. The maximum absolute atomic E-state index is 12.8. The fourth-order valence-electron chi connectivity index (χ4n) is 2.98. The quantitative estimate of drug-likeness (QED) is 0.912. The summed E-state index contributed by atoms with van der Waals surface area (Å²) in [6.45, 7) is 5.70. The van der Waals surface area contributed by atoms with Crippen LogP contribution in [-0.2, 0) is 6.54 Å². The van der Waals surface area contributed by atoms with E-state index < -0.39 is 0 Å². The van der Waals surface area contributed by atoms with Gasteiger partial charge in [0.1, 0.15) is 0 Å². The maximum atomic E-state index is 12.8. The molecule has 1 aliphatic rings. The number of amides is 1. The third-order valence-electron chi connectivity index (χ3n) is 4.12. The molecule has 130 valence electrons. The molecule has 6 nitrogen and oxygen atoms in total. The van der Waals surface area contributed by atoms with Crippen molar-refractivity contribution in [2.75, 3.05) is 13.1 Å². The number of carbonyl (C=O) groups excluding carboxylic acids is 1. The van der Waals surface area contributed by atoms with Gasteiger partial charge in [0.25, 0.3) is 11.5 Å². The number of benzene rings is 1. The Balaban J connectivity index is 0.00000208. The van der Waals surface area contributed by atoms with Crippen LogP contribution in [0.3, 0.4) is 0 Å². The van der Waals surface area contributed by atoms with Crippen LogP contribution in [0.15, 0.2) is 29.1 Å². The van der Waals surface area contributed by atoms with Crippen molar-refractivity contribution in [3.8, 4) is 0 Å². The molecule has 1 saturated heterocycles. The Bertz CT molecular complexity index is 803. The third kappa shape index (κ3) is 3.44. The highest BCUT2D eigenvalue weighted by atomic mass is 35.5. The molecule has 7 heteroatoms. The summed E-state index contributed by atoms with van der Waals surface area (Å²) in [5, 5.41) is 5.53. The molecule has 0 spiro atoms. The second kappa shape index (κ2) is 7.32. The average Bonchev–Trinajstić information content (AvgIpc) is 2.95. The van der Waals surface area contributed by atoms with Gasteiger partial charge in [-0.2, -0.15) is 5.10 Å². The molecule has 3 rings (SSSR count). The third-order valence-corrected chi connectivity index (χ3v) is 4.12. The van der Waals surface area contributed by atoms with Crippen molar-refractivity contribution in [3.63, 3.8) is 0 Å². The largest absolute Gasteiger partial charge is 0.336 e. The number of hydrogen-bond acceptors (Lipinski definition) is 4. The first-order chi connectivity index (χ1) is 11.0. The standard InChI is InChI=1S/C17H22N4O2.ClH/c1-11(2)9-21-16(22)14-6-4-3-5-13(14)15(19-21)17(23)20-8-7-12(18)10-20;/h3-6,11-12H,7-10,18H2,1-2H3;1H/t12-;/m1./s1. The number of nitrogens with two attached hydrogens (primary N) is 1. The van der Waals surface area contributed by atoms with E-state index in [0.717, 1.165) is 6.42 Å². The van der Waals surface area contributed by atoms with Crippen LogP contribution in [0, 0.1) is 5.92 Å². The van der Waals surface area contributed by atoms with Crippen LogP contribution in [0.5, 0.6) is 0 Å². The van der Waals surface area contributed by atoms with Gasteiger partial charge in [-0.05, 0) is 18.4 Å². The summed E-state index contributed by atoms with van der Waals surface area (Å²) in [7, 11) is 0. The number of nitrogens with zero attached hydrogens (tertiary/aromatic N) is 3. The van der Waals surface area contributed by atoms with Crippen molar-refractivity contribution < 1.29 is 4.79 Å². The number of fused-ring (bicyclic) bond motifs is 1. The molecule has 0 bridgehead atoms. The van der Waals surface area contributed by atoms with Gasteiger partial charge in [-0.15, -0.1) is 12.4 Å². The lowest BCUT2D eigenvalue weighted by Crippen LogP contribution is -2.35. The van der Waals surface area contributed by atoms with Gasteiger partial charge < -0.3 is 10.6 Å². The van der Waals surface area contributed by atoms with Crippen LogP contribution < -0.4 is 11.3 Å². The zero-order chi connectivity index (χ0) is 16.6. The highest BCUT2D eigenvalue weighted by Gasteiger charge is 2.27. The van der Waals surface area contributed by atoms with Crippen molar-refractivity contribution in [3.05, 3.63) is 40.3 Å². The Morgan fingerprint density at radius 2 is 2.00 bits per heavy atom. The van der Waals surface area contributed by atoms with Gasteiger partial charge in [-0.25, -0.2) is 4.68 Å². The number of rotatable bonds is 3. The predicted octanol–water partition coefficient (Wildman–Crippen LogP) is 1.65. The van der Waals surface area contributed by atoms with Gasteiger partial charge >= 0.3 is 0 Å². The van der Waals surface area contributed by atoms with E-state index in [1.165, 1.54) is 4.68 Å². The second-order valence-electron chi connectivity index (χ2n) is 6.58. The number of halogens is 1. The average molecular weight is 351 g/mol. The molecule has 1 aromatic carbocycles. The fourth-order valence-corrected chi connectivity index (χ4v) is 2.98. The van der Waals surface area contributed by atoms with Crippen molar-refractivity contribution in [2.45, 2.75) is 32.9 Å². The molecule has 0 unspecified atom stereocenters. The SMILES string of the molecule is CC(C)Cn1nc(C(=O)N2CC[C@@H](N)C2)c2ccccc2c1=O.Cl. The first kappa shape index (κ1) is 18.4. The van der Waals surface area contributed by atoms with Gasteiger partial charge in [0.15, 0.2) is 5.69 Å². The van der Waals surface area contributed by atoms with Crippen LogP contribution in [0.25, 0.3) is 10.8 Å². The molecule has 2 aromatic rings. The van der Waals surface area contributed by atoms with E-state index in [2.05, 4.69) is 5.10 Å². The number of carbonyl (C=O) groups is 1. The summed E-state index contributed by atoms with van der Waals surface area (Å²) in [4.78, 5) is 27.1. The van der Waals surface area contributed by atoms with E-state index in [0.29, 0.717) is 36.1 Å². The van der Waals surface area contributed by atoms with E-state index in [4.69, 9.17) is 5.73 Å². The highest BCUT2D eigenvalue weighted by Crippen LogP contribution is 2.18. The molecular formula is C17H23ClN4O2. The Labute approximate surface area is 147 Å². The normalized spacial score (nSPS) is 17.3. The van der Waals surface area contributed by atoms with Crippen LogP contribution in [0.4, 0.5) is 0 Å². The lowest BCUT2D eigenvalue weighted by molar-refractivity contribution is 0.0784. The molecule has 1 fully saturated rings. The number of likely N-dealkylation sites (tertiary alicyclic amines) is 1.